The molecule has 0 aromatic heterocycles. The van der Waals surface area contributed by atoms with Gasteiger partial charge in [-0.2, -0.15) is 0 Å². The number of amides is 3. The Kier molecular flexibility index (Phi) is 8.58. The molecule has 0 saturated carbocycles. The average Bonchev–Trinajstić information content (AvgIpc) is 2.77. The van der Waals surface area contributed by atoms with Crippen LogP contribution in [0.15, 0.2) is 42.5 Å². The lowest BCUT2D eigenvalue weighted by atomic mass is 9.99. The average molecular weight is 492 g/mol. The molecule has 0 aliphatic carbocycles. The van der Waals surface area contributed by atoms with E-state index < -0.39 is 5.97 Å². The van der Waals surface area contributed by atoms with Gasteiger partial charge in [0.25, 0.3) is 5.91 Å². The number of halogens is 2. The molecule has 3 rings (SSSR count). The van der Waals surface area contributed by atoms with E-state index in [1.807, 2.05) is 19.1 Å². The highest BCUT2D eigenvalue weighted by Crippen LogP contribution is 2.26. The maximum atomic E-state index is 13.3. The number of hydrogen-bond acceptors (Lipinski definition) is 3. The molecule has 1 unspecified atom stereocenters. The maximum Gasteiger partial charge on any atom is 0.320 e. The molecule has 1 atom stereocenters. The lowest BCUT2D eigenvalue weighted by Crippen LogP contribution is -2.53. The van der Waals surface area contributed by atoms with Crippen molar-refractivity contribution in [2.45, 2.75) is 32.9 Å². The number of urea groups is 1. The Morgan fingerprint density at radius 2 is 1.73 bits per heavy atom. The van der Waals surface area contributed by atoms with Crippen molar-refractivity contribution in [3.8, 4) is 0 Å². The summed E-state index contributed by atoms with van der Waals surface area (Å²) in [7, 11) is 0. The molecular weight excluding hydrogens is 465 g/mol. The summed E-state index contributed by atoms with van der Waals surface area (Å²) in [6.45, 7) is 3.57. The van der Waals surface area contributed by atoms with E-state index in [1.165, 1.54) is 0 Å². The summed E-state index contributed by atoms with van der Waals surface area (Å²) in [5.41, 5.74) is 1.94. The summed E-state index contributed by atoms with van der Waals surface area (Å²) >= 11 is 12.3. The molecule has 0 radical (unpaired) electrons. The van der Waals surface area contributed by atoms with Crippen LogP contribution in [0.4, 0.5) is 4.79 Å². The molecule has 1 aliphatic heterocycles. The zero-order valence-electron chi connectivity index (χ0n) is 18.4. The molecule has 2 aromatic rings. The largest absolute Gasteiger partial charge is 0.481 e. The van der Waals surface area contributed by atoms with Gasteiger partial charge in [-0.25, -0.2) is 4.79 Å². The number of carbonyl (C=O) groups is 3. The number of carbonyl (C=O) groups excluding carboxylic acids is 2. The van der Waals surface area contributed by atoms with Crippen LogP contribution >= 0.6 is 23.2 Å². The normalized spacial score (nSPS) is 16.1. The van der Waals surface area contributed by atoms with Crippen LogP contribution in [0.3, 0.4) is 0 Å². The van der Waals surface area contributed by atoms with E-state index in [2.05, 4.69) is 5.32 Å². The molecule has 0 spiro atoms. The van der Waals surface area contributed by atoms with Crippen molar-refractivity contribution in [3.63, 3.8) is 0 Å². The third-order valence-electron chi connectivity index (χ3n) is 5.50. The predicted octanol–water partition coefficient (Wildman–Crippen LogP) is 4.66. The zero-order valence-corrected chi connectivity index (χ0v) is 19.9. The van der Waals surface area contributed by atoms with Crippen molar-refractivity contribution in [1.29, 1.82) is 0 Å². The number of rotatable bonds is 9. The van der Waals surface area contributed by atoms with Crippen molar-refractivity contribution in [3.05, 3.63) is 69.2 Å². The maximum absolute atomic E-state index is 13.3. The van der Waals surface area contributed by atoms with Crippen LogP contribution in [0.2, 0.25) is 10.0 Å². The Morgan fingerprint density at radius 1 is 1.06 bits per heavy atom. The second kappa shape index (κ2) is 11.4. The first kappa shape index (κ1) is 24.9. The van der Waals surface area contributed by atoms with Crippen molar-refractivity contribution >= 4 is 41.1 Å². The number of benzene rings is 2. The third kappa shape index (κ3) is 6.62. The Hall–Kier alpha value is -2.77. The van der Waals surface area contributed by atoms with E-state index in [1.54, 1.807) is 40.1 Å². The van der Waals surface area contributed by atoms with Crippen LogP contribution in [0.5, 0.6) is 0 Å². The molecule has 2 N–H and O–H groups in total. The fourth-order valence-electron chi connectivity index (χ4n) is 3.95. The van der Waals surface area contributed by atoms with Gasteiger partial charge in [0.2, 0.25) is 0 Å². The van der Waals surface area contributed by atoms with Crippen molar-refractivity contribution in [2.75, 3.05) is 19.6 Å². The van der Waals surface area contributed by atoms with E-state index in [0.29, 0.717) is 40.8 Å². The summed E-state index contributed by atoms with van der Waals surface area (Å²) in [5, 5.41) is 13.2. The summed E-state index contributed by atoms with van der Waals surface area (Å²) < 4.78 is 0. The molecule has 0 bridgehead atoms. The SMILES string of the molecule is CCCNC(=O)c1ccccc1CN1CC(CC(=O)O)CN(Cc2ccc(Cl)cc2Cl)C1=O. The van der Waals surface area contributed by atoms with Gasteiger partial charge in [0.15, 0.2) is 0 Å². The minimum absolute atomic E-state index is 0.0622. The molecular formula is C24H27Cl2N3O4. The van der Waals surface area contributed by atoms with Gasteiger partial charge in [0, 0.05) is 54.3 Å². The van der Waals surface area contributed by atoms with E-state index in [0.717, 1.165) is 12.0 Å². The van der Waals surface area contributed by atoms with Gasteiger partial charge in [-0.3, -0.25) is 9.59 Å². The monoisotopic (exact) mass is 491 g/mol. The number of nitrogens with zero attached hydrogens (tertiary/aromatic N) is 2. The molecule has 176 valence electrons. The number of aliphatic carboxylic acids is 1. The molecule has 1 heterocycles. The van der Waals surface area contributed by atoms with Crippen LogP contribution < -0.4 is 5.32 Å². The molecule has 1 saturated heterocycles. The van der Waals surface area contributed by atoms with E-state index in [-0.39, 0.29) is 37.4 Å². The molecule has 3 amide bonds. The van der Waals surface area contributed by atoms with Gasteiger partial charge in [0.1, 0.15) is 0 Å². The van der Waals surface area contributed by atoms with Crippen LogP contribution in [-0.2, 0) is 17.9 Å². The van der Waals surface area contributed by atoms with Gasteiger partial charge in [-0.1, -0.05) is 54.4 Å². The standard InChI is InChI=1S/C24H27Cl2N3O4/c1-2-9-27-23(32)20-6-4-3-5-17(20)14-28-12-16(10-22(30)31)13-29(24(28)33)15-18-7-8-19(25)11-21(18)26/h3-8,11,16H,2,9-10,12-15H2,1H3,(H,27,32)(H,30,31). The van der Waals surface area contributed by atoms with Gasteiger partial charge >= 0.3 is 12.0 Å². The number of carboxylic acids is 1. The Morgan fingerprint density at radius 3 is 2.36 bits per heavy atom. The second-order valence-corrected chi connectivity index (χ2v) is 9.00. The lowest BCUT2D eigenvalue weighted by molar-refractivity contribution is -0.138. The number of hydrogen-bond donors (Lipinski definition) is 2. The summed E-state index contributed by atoms with van der Waals surface area (Å²) in [5.74, 6) is -1.37. The molecule has 7 nitrogen and oxygen atoms in total. The van der Waals surface area contributed by atoms with Crippen LogP contribution in [0.1, 0.15) is 41.3 Å². The summed E-state index contributed by atoms with van der Waals surface area (Å²) in [6.07, 6.45) is 0.755. The van der Waals surface area contributed by atoms with Gasteiger partial charge < -0.3 is 20.2 Å². The predicted molar refractivity (Wildman–Crippen MR) is 127 cm³/mol. The smallest absolute Gasteiger partial charge is 0.320 e. The topological polar surface area (TPSA) is 89.9 Å². The van der Waals surface area contributed by atoms with Gasteiger partial charge in [-0.05, 0) is 35.7 Å². The minimum Gasteiger partial charge on any atom is -0.481 e. The number of carboxylic acid groups (broad SMARTS) is 1. The molecule has 9 heteroatoms. The van der Waals surface area contributed by atoms with Crippen molar-refractivity contribution in [1.82, 2.24) is 15.1 Å². The summed E-state index contributed by atoms with van der Waals surface area (Å²) in [6, 6.07) is 12.0. The molecule has 1 aliphatic rings. The van der Waals surface area contributed by atoms with E-state index in [9.17, 15) is 19.5 Å². The highest BCUT2D eigenvalue weighted by Gasteiger charge is 2.33. The first-order valence-electron chi connectivity index (χ1n) is 10.8. The fraction of sp³-hybridized carbons (Fsp3) is 0.375. The number of nitrogens with one attached hydrogen (secondary N) is 1. The quantitative estimate of drug-likeness (QED) is 0.533. The second-order valence-electron chi connectivity index (χ2n) is 8.16. The van der Waals surface area contributed by atoms with Gasteiger partial charge in [0.05, 0.1) is 6.42 Å². The molecule has 33 heavy (non-hydrogen) atoms. The third-order valence-corrected chi connectivity index (χ3v) is 6.08. The van der Waals surface area contributed by atoms with Gasteiger partial charge in [-0.15, -0.1) is 0 Å². The molecule has 2 aromatic carbocycles. The molecule has 1 fully saturated rings. The summed E-state index contributed by atoms with van der Waals surface area (Å²) in [4.78, 5) is 40.5. The highest BCUT2D eigenvalue weighted by molar-refractivity contribution is 6.35. The van der Waals surface area contributed by atoms with Crippen molar-refractivity contribution in [2.24, 2.45) is 5.92 Å². The zero-order chi connectivity index (χ0) is 24.0. The van der Waals surface area contributed by atoms with Crippen LogP contribution in [0.25, 0.3) is 0 Å². The highest BCUT2D eigenvalue weighted by atomic mass is 35.5. The lowest BCUT2D eigenvalue weighted by Gasteiger charge is -2.40. The Balaban J connectivity index is 1.84. The first-order chi connectivity index (χ1) is 15.8. The fourth-order valence-corrected chi connectivity index (χ4v) is 4.42. The minimum atomic E-state index is -0.918. The Labute approximate surface area is 203 Å². The van der Waals surface area contributed by atoms with Crippen LogP contribution in [0, 0.1) is 5.92 Å². The Bertz CT molecular complexity index is 1030. The van der Waals surface area contributed by atoms with E-state index in [4.69, 9.17) is 23.2 Å². The van der Waals surface area contributed by atoms with E-state index >= 15 is 0 Å². The van der Waals surface area contributed by atoms with Crippen molar-refractivity contribution < 1.29 is 19.5 Å². The first-order valence-corrected chi connectivity index (χ1v) is 11.6. The van der Waals surface area contributed by atoms with Crippen LogP contribution in [-0.4, -0.2) is 52.4 Å².